The van der Waals surface area contributed by atoms with Crippen molar-refractivity contribution in [2.75, 3.05) is 0 Å². The van der Waals surface area contributed by atoms with Gasteiger partial charge >= 0.3 is 5.97 Å². The second kappa shape index (κ2) is 3.33. The van der Waals surface area contributed by atoms with Gasteiger partial charge in [-0.3, -0.25) is 5.10 Å². The summed E-state index contributed by atoms with van der Waals surface area (Å²) in [4.78, 5) is 10.5. The van der Waals surface area contributed by atoms with Crippen LogP contribution >= 0.6 is 0 Å². The van der Waals surface area contributed by atoms with Gasteiger partial charge in [0.2, 0.25) is 0 Å². The van der Waals surface area contributed by atoms with Gasteiger partial charge in [0.25, 0.3) is 0 Å². The van der Waals surface area contributed by atoms with Crippen LogP contribution in [0.25, 0.3) is 0 Å². The maximum absolute atomic E-state index is 10.5. The second-order valence-corrected chi connectivity index (χ2v) is 2.34. The van der Waals surface area contributed by atoms with E-state index in [1.54, 1.807) is 0 Å². The Morgan fingerprint density at radius 2 is 2.50 bits per heavy atom. The molecule has 0 aliphatic carbocycles. The molecule has 1 rings (SSSR count). The van der Waals surface area contributed by atoms with E-state index in [1.807, 2.05) is 0 Å². The van der Waals surface area contributed by atoms with Gasteiger partial charge in [-0.2, -0.15) is 5.10 Å². The summed E-state index contributed by atoms with van der Waals surface area (Å²) in [6.45, 7) is 0. The summed E-state index contributed by atoms with van der Waals surface area (Å²) in [7, 11) is 0. The van der Waals surface area contributed by atoms with Gasteiger partial charge in [-0.25, -0.2) is 4.79 Å². The lowest BCUT2D eigenvalue weighted by atomic mass is 10.2. The quantitative estimate of drug-likeness (QED) is 0.432. The number of nitrogens with zero attached hydrogens (tertiary/aromatic N) is 1. The van der Waals surface area contributed by atoms with Crippen LogP contribution in [0.5, 0.6) is 0 Å². The molecule has 0 aromatic carbocycles. The van der Waals surface area contributed by atoms with Crippen LogP contribution in [0.2, 0.25) is 0 Å². The molecule has 1 atom stereocenters. The van der Waals surface area contributed by atoms with Crippen LogP contribution < -0.4 is 5.73 Å². The number of hydrogen-bond acceptors (Lipinski definition) is 4. The molecule has 1 aromatic rings. The summed E-state index contributed by atoms with van der Waals surface area (Å²) in [5.74, 6) is -1.08. The van der Waals surface area contributed by atoms with Crippen molar-refractivity contribution in [3.8, 4) is 0 Å². The predicted molar refractivity (Wildman–Crippen MR) is 39.4 cm³/mol. The summed E-state index contributed by atoms with van der Waals surface area (Å²) in [6, 6.07) is 0. The minimum atomic E-state index is -1.08. The van der Waals surface area contributed by atoms with Gasteiger partial charge in [0, 0.05) is 6.42 Å². The Kier molecular flexibility index (Phi) is 2.41. The fourth-order valence-corrected chi connectivity index (χ4v) is 0.862. The standard InChI is InChI=1S/C6H9N3O3/c7-5(10)1-4-3(6(11)12)2-8-9-4/h2,5,10H,1,7H2,(H,8,9)(H,11,12). The molecular formula is C6H9N3O3. The maximum atomic E-state index is 10.5. The van der Waals surface area contributed by atoms with Crippen molar-refractivity contribution in [2.24, 2.45) is 5.73 Å². The molecule has 0 saturated heterocycles. The Morgan fingerprint density at radius 3 is 3.00 bits per heavy atom. The highest BCUT2D eigenvalue weighted by molar-refractivity contribution is 5.88. The number of hydrogen-bond donors (Lipinski definition) is 4. The van der Waals surface area contributed by atoms with Gasteiger partial charge in [0.15, 0.2) is 0 Å². The molecule has 5 N–H and O–H groups in total. The summed E-state index contributed by atoms with van der Waals surface area (Å²) in [6.07, 6.45) is 0.172. The van der Waals surface area contributed by atoms with E-state index in [2.05, 4.69) is 10.2 Å². The first-order valence-corrected chi connectivity index (χ1v) is 3.30. The summed E-state index contributed by atoms with van der Waals surface area (Å²) in [5.41, 5.74) is 5.44. The largest absolute Gasteiger partial charge is 0.478 e. The van der Waals surface area contributed by atoms with Crippen molar-refractivity contribution in [3.05, 3.63) is 17.5 Å². The summed E-state index contributed by atoms with van der Waals surface area (Å²) < 4.78 is 0. The van der Waals surface area contributed by atoms with E-state index in [4.69, 9.17) is 15.9 Å². The van der Waals surface area contributed by atoms with Gasteiger partial charge in [-0.05, 0) is 0 Å². The van der Waals surface area contributed by atoms with Gasteiger partial charge in [0.1, 0.15) is 11.8 Å². The van der Waals surface area contributed by atoms with Crippen LogP contribution in [0, 0.1) is 0 Å². The van der Waals surface area contributed by atoms with Gasteiger partial charge in [-0.1, -0.05) is 0 Å². The highest BCUT2D eigenvalue weighted by Crippen LogP contribution is 2.05. The Bertz CT molecular complexity index is 281. The van der Waals surface area contributed by atoms with Crippen molar-refractivity contribution >= 4 is 5.97 Å². The molecule has 6 nitrogen and oxygen atoms in total. The molecule has 12 heavy (non-hydrogen) atoms. The molecule has 0 spiro atoms. The van der Waals surface area contributed by atoms with Crippen molar-refractivity contribution in [1.82, 2.24) is 10.2 Å². The van der Waals surface area contributed by atoms with Crippen LogP contribution in [0.1, 0.15) is 16.1 Å². The zero-order valence-corrected chi connectivity index (χ0v) is 6.19. The van der Waals surface area contributed by atoms with E-state index < -0.39 is 12.2 Å². The molecule has 6 heteroatoms. The molecule has 0 aliphatic rings. The number of carboxylic acid groups (broad SMARTS) is 1. The molecule has 0 bridgehead atoms. The first-order chi connectivity index (χ1) is 5.61. The third kappa shape index (κ3) is 1.80. The number of aliphatic hydroxyl groups is 1. The van der Waals surface area contributed by atoms with E-state index in [0.717, 1.165) is 0 Å². The molecule has 0 aliphatic heterocycles. The molecule has 1 heterocycles. The monoisotopic (exact) mass is 171 g/mol. The zero-order chi connectivity index (χ0) is 9.14. The number of aromatic carboxylic acids is 1. The van der Waals surface area contributed by atoms with Crippen LogP contribution in [-0.2, 0) is 6.42 Å². The van der Waals surface area contributed by atoms with Gasteiger partial charge in [0.05, 0.1) is 11.9 Å². The SMILES string of the molecule is NC(O)Cc1[nH]ncc1C(=O)O. The normalized spacial score (nSPS) is 12.8. The highest BCUT2D eigenvalue weighted by atomic mass is 16.4. The number of H-pyrrole nitrogens is 1. The Morgan fingerprint density at radius 1 is 1.83 bits per heavy atom. The number of rotatable bonds is 3. The van der Waals surface area contributed by atoms with Crippen molar-refractivity contribution < 1.29 is 15.0 Å². The van der Waals surface area contributed by atoms with Crippen molar-refractivity contribution in [1.29, 1.82) is 0 Å². The number of aliphatic hydroxyl groups excluding tert-OH is 1. The molecule has 1 aromatic heterocycles. The first kappa shape index (κ1) is 8.69. The molecule has 1 unspecified atom stereocenters. The average molecular weight is 171 g/mol. The topological polar surface area (TPSA) is 112 Å². The zero-order valence-electron chi connectivity index (χ0n) is 6.19. The lowest BCUT2D eigenvalue weighted by Gasteiger charge is -2.01. The minimum Gasteiger partial charge on any atom is -0.478 e. The van der Waals surface area contributed by atoms with Crippen LogP contribution in [0.3, 0.4) is 0 Å². The molecule has 0 saturated carbocycles. The Hall–Kier alpha value is -1.40. The Balaban J connectivity index is 2.84. The molecule has 66 valence electrons. The van der Waals surface area contributed by atoms with Crippen molar-refractivity contribution in [3.63, 3.8) is 0 Å². The van der Waals surface area contributed by atoms with Crippen LogP contribution in [0.4, 0.5) is 0 Å². The van der Waals surface area contributed by atoms with Crippen LogP contribution in [0.15, 0.2) is 6.20 Å². The summed E-state index contributed by atoms with van der Waals surface area (Å²) in [5, 5.41) is 23.3. The number of aromatic amines is 1. The second-order valence-electron chi connectivity index (χ2n) is 2.34. The van der Waals surface area contributed by atoms with E-state index in [0.29, 0.717) is 5.69 Å². The third-order valence-corrected chi connectivity index (χ3v) is 1.36. The fraction of sp³-hybridized carbons (Fsp3) is 0.333. The van der Waals surface area contributed by atoms with E-state index in [1.165, 1.54) is 6.20 Å². The number of carboxylic acids is 1. The molecule has 0 fully saturated rings. The third-order valence-electron chi connectivity index (χ3n) is 1.36. The minimum absolute atomic E-state index is 0.0412. The number of aromatic nitrogens is 2. The van der Waals surface area contributed by atoms with Gasteiger partial charge < -0.3 is 15.9 Å². The van der Waals surface area contributed by atoms with Gasteiger partial charge in [-0.15, -0.1) is 0 Å². The first-order valence-electron chi connectivity index (χ1n) is 3.30. The summed E-state index contributed by atoms with van der Waals surface area (Å²) >= 11 is 0. The van der Waals surface area contributed by atoms with Crippen LogP contribution in [-0.4, -0.2) is 32.6 Å². The molecule has 0 radical (unpaired) electrons. The highest BCUT2D eigenvalue weighted by Gasteiger charge is 2.13. The molecular weight excluding hydrogens is 162 g/mol. The number of carbonyl (C=O) groups is 1. The molecule has 0 amide bonds. The lowest BCUT2D eigenvalue weighted by Crippen LogP contribution is -2.22. The van der Waals surface area contributed by atoms with E-state index in [9.17, 15) is 4.79 Å². The number of nitrogens with one attached hydrogen (secondary N) is 1. The van der Waals surface area contributed by atoms with Crippen molar-refractivity contribution in [2.45, 2.75) is 12.6 Å². The Labute approximate surface area is 68.0 Å². The smallest absolute Gasteiger partial charge is 0.339 e. The fourth-order valence-electron chi connectivity index (χ4n) is 0.862. The number of nitrogens with two attached hydrogens (primary N) is 1. The predicted octanol–water partition coefficient (Wildman–Crippen LogP) is -1.07. The average Bonchev–Trinajstić information content (AvgIpc) is 2.33. The van der Waals surface area contributed by atoms with E-state index in [-0.39, 0.29) is 12.0 Å². The maximum Gasteiger partial charge on any atom is 0.339 e. The lowest BCUT2D eigenvalue weighted by molar-refractivity contribution is 0.0695. The van der Waals surface area contributed by atoms with E-state index >= 15 is 0 Å².